The summed E-state index contributed by atoms with van der Waals surface area (Å²) >= 11 is 0. The monoisotopic (exact) mass is 424 g/mol. The second-order valence-electron chi connectivity index (χ2n) is 9.60. The Balaban J connectivity index is 2.08. The SMILES string of the molecule is C=CC(O)c1cc2ccccc2c2c1-c1c3c(cc(C(C)C)cc3cc[n+]1OC)C2(C)C. The number of hydrogen-bond acceptors (Lipinski definition) is 2. The van der Waals surface area contributed by atoms with Crippen LogP contribution in [0.4, 0.5) is 0 Å². The fourth-order valence-corrected chi connectivity index (χ4v) is 5.40. The molecule has 0 aliphatic heterocycles. The Morgan fingerprint density at radius 1 is 1.06 bits per heavy atom. The fraction of sp³-hybridized carbons (Fsp3) is 0.276. The van der Waals surface area contributed by atoms with E-state index < -0.39 is 6.10 Å². The number of nitrogens with zero attached hydrogens (tertiary/aromatic N) is 1. The summed E-state index contributed by atoms with van der Waals surface area (Å²) in [6.07, 6.45) is 2.81. The average Bonchev–Trinajstić information content (AvgIpc) is 2.79. The molecule has 3 aromatic carbocycles. The zero-order valence-electron chi connectivity index (χ0n) is 19.4. The maximum atomic E-state index is 11.0. The van der Waals surface area contributed by atoms with Gasteiger partial charge in [0.2, 0.25) is 6.20 Å². The third-order valence-corrected chi connectivity index (χ3v) is 7.06. The van der Waals surface area contributed by atoms with Gasteiger partial charge >= 0.3 is 0 Å². The molecule has 3 nitrogen and oxygen atoms in total. The Morgan fingerprint density at radius 2 is 1.81 bits per heavy atom. The van der Waals surface area contributed by atoms with Gasteiger partial charge in [-0.25, -0.2) is 0 Å². The maximum Gasteiger partial charge on any atom is 0.273 e. The lowest BCUT2D eigenvalue weighted by molar-refractivity contribution is -0.876. The molecule has 0 spiro atoms. The van der Waals surface area contributed by atoms with Crippen molar-refractivity contribution in [3.8, 4) is 11.3 Å². The van der Waals surface area contributed by atoms with E-state index in [-0.39, 0.29) is 5.41 Å². The molecule has 1 aromatic heterocycles. The van der Waals surface area contributed by atoms with Crippen molar-refractivity contribution in [1.29, 1.82) is 0 Å². The van der Waals surface area contributed by atoms with E-state index in [0.29, 0.717) is 5.92 Å². The van der Waals surface area contributed by atoms with Crippen molar-refractivity contribution in [3.63, 3.8) is 0 Å². The summed E-state index contributed by atoms with van der Waals surface area (Å²) in [7, 11) is 1.69. The smallest absolute Gasteiger partial charge is 0.273 e. The second kappa shape index (κ2) is 7.18. The third-order valence-electron chi connectivity index (χ3n) is 7.06. The molecule has 1 aliphatic rings. The molecule has 1 atom stereocenters. The van der Waals surface area contributed by atoms with Crippen LogP contribution in [-0.4, -0.2) is 12.2 Å². The molecule has 0 saturated carbocycles. The van der Waals surface area contributed by atoms with Crippen LogP contribution in [0, 0.1) is 0 Å². The van der Waals surface area contributed by atoms with Crippen LogP contribution in [0.2, 0.25) is 0 Å². The molecule has 0 fully saturated rings. The Kier molecular flexibility index (Phi) is 4.65. The summed E-state index contributed by atoms with van der Waals surface area (Å²) in [5.74, 6) is 0.428. The van der Waals surface area contributed by atoms with Gasteiger partial charge in [0, 0.05) is 16.2 Å². The molecular weight excluding hydrogens is 394 g/mol. The summed E-state index contributed by atoms with van der Waals surface area (Å²) in [4.78, 5) is 5.83. The van der Waals surface area contributed by atoms with Crippen molar-refractivity contribution in [2.24, 2.45) is 0 Å². The Bertz CT molecular complexity index is 1400. The van der Waals surface area contributed by atoms with Gasteiger partial charge in [0.1, 0.15) is 7.11 Å². The van der Waals surface area contributed by atoms with E-state index in [1.807, 2.05) is 10.9 Å². The van der Waals surface area contributed by atoms with E-state index in [1.165, 1.54) is 32.8 Å². The second-order valence-corrected chi connectivity index (χ2v) is 9.60. The summed E-state index contributed by atoms with van der Waals surface area (Å²) in [5.41, 5.74) is 6.47. The molecule has 3 heteroatoms. The number of pyridine rings is 1. The minimum atomic E-state index is -0.777. The zero-order chi connectivity index (χ0) is 22.8. The molecule has 0 saturated heterocycles. The molecule has 0 amide bonds. The Morgan fingerprint density at radius 3 is 2.50 bits per heavy atom. The molecule has 1 N–H and O–H groups in total. The Labute approximate surface area is 189 Å². The quantitative estimate of drug-likeness (QED) is 0.323. The lowest BCUT2D eigenvalue weighted by Crippen LogP contribution is -2.44. The van der Waals surface area contributed by atoms with Gasteiger partial charge < -0.3 is 5.11 Å². The van der Waals surface area contributed by atoms with Gasteiger partial charge in [0.05, 0.1) is 17.1 Å². The highest BCUT2D eigenvalue weighted by Gasteiger charge is 2.42. The molecule has 1 aliphatic carbocycles. The third kappa shape index (κ3) is 2.74. The molecule has 0 radical (unpaired) electrons. The number of aromatic nitrogens is 1. The molecule has 32 heavy (non-hydrogen) atoms. The van der Waals surface area contributed by atoms with Gasteiger partial charge in [-0.1, -0.05) is 70.2 Å². The van der Waals surface area contributed by atoms with Gasteiger partial charge in [-0.05, 0) is 50.4 Å². The lowest BCUT2D eigenvalue weighted by Gasteiger charge is -2.36. The first-order valence-electron chi connectivity index (χ1n) is 11.2. The van der Waals surface area contributed by atoms with Crippen LogP contribution >= 0.6 is 0 Å². The van der Waals surface area contributed by atoms with Crippen molar-refractivity contribution < 1.29 is 14.7 Å². The predicted molar refractivity (Wildman–Crippen MR) is 131 cm³/mol. The van der Waals surface area contributed by atoms with Crippen LogP contribution in [0.1, 0.15) is 62.0 Å². The first-order valence-corrected chi connectivity index (χ1v) is 11.2. The minimum absolute atomic E-state index is 0.269. The van der Waals surface area contributed by atoms with Crippen LogP contribution in [0.3, 0.4) is 0 Å². The number of fused-ring (bicyclic) bond motifs is 4. The van der Waals surface area contributed by atoms with Crippen molar-refractivity contribution in [2.45, 2.75) is 45.1 Å². The molecule has 1 heterocycles. The first kappa shape index (κ1) is 20.7. The molecular formula is C29H30NO2+. The fourth-order valence-electron chi connectivity index (χ4n) is 5.40. The molecule has 4 aromatic rings. The van der Waals surface area contributed by atoms with E-state index in [1.54, 1.807) is 13.2 Å². The van der Waals surface area contributed by atoms with Gasteiger partial charge in [-0.15, -0.1) is 6.58 Å². The molecule has 0 bridgehead atoms. The van der Waals surface area contributed by atoms with Crippen LogP contribution in [0.25, 0.3) is 32.8 Å². The van der Waals surface area contributed by atoms with Gasteiger partial charge in [0.15, 0.2) is 0 Å². The summed E-state index contributed by atoms with van der Waals surface area (Å²) < 4.78 is 1.84. The highest BCUT2D eigenvalue weighted by molar-refractivity contribution is 6.06. The first-order chi connectivity index (χ1) is 15.3. The highest BCUT2D eigenvalue weighted by atomic mass is 16.6. The number of rotatable bonds is 4. The standard InChI is InChI=1S/C29H30NO2/c1-7-24(31)22-15-18-10-8-9-11-21(18)27-26(22)28-25-19(12-13-30(28)32-6)14-20(17(2)3)16-23(25)29(27,4)5/h7-17,24,31H,1H2,2-6H3/q+1. The zero-order valence-corrected chi connectivity index (χ0v) is 19.4. The van der Waals surface area contributed by atoms with Gasteiger partial charge in [-0.2, -0.15) is 0 Å². The Hall–Kier alpha value is -3.17. The van der Waals surface area contributed by atoms with Gasteiger partial charge in [-0.3, -0.25) is 4.84 Å². The minimum Gasteiger partial charge on any atom is -0.384 e. The number of aliphatic hydroxyl groups is 1. The van der Waals surface area contributed by atoms with E-state index in [9.17, 15) is 5.11 Å². The van der Waals surface area contributed by atoms with Crippen LogP contribution in [0.15, 0.2) is 67.4 Å². The van der Waals surface area contributed by atoms with E-state index in [0.717, 1.165) is 22.2 Å². The van der Waals surface area contributed by atoms with Crippen LogP contribution in [0.5, 0.6) is 0 Å². The molecule has 5 rings (SSSR count). The average molecular weight is 425 g/mol. The van der Waals surface area contributed by atoms with E-state index in [4.69, 9.17) is 4.84 Å². The number of hydrogen-bond donors (Lipinski definition) is 1. The largest absolute Gasteiger partial charge is 0.384 e. The van der Waals surface area contributed by atoms with E-state index in [2.05, 4.69) is 82.8 Å². The van der Waals surface area contributed by atoms with Crippen LogP contribution < -0.4 is 9.57 Å². The summed E-state index contributed by atoms with van der Waals surface area (Å²) in [6, 6.07) is 17.3. The van der Waals surface area contributed by atoms with Crippen LogP contribution in [-0.2, 0) is 5.41 Å². The number of aliphatic hydroxyl groups excluding tert-OH is 1. The highest BCUT2D eigenvalue weighted by Crippen LogP contribution is 2.52. The number of benzene rings is 3. The van der Waals surface area contributed by atoms with Crippen molar-refractivity contribution in [1.82, 2.24) is 0 Å². The molecule has 1 unspecified atom stereocenters. The normalized spacial score (nSPS) is 15.1. The summed E-state index contributed by atoms with van der Waals surface area (Å²) in [6.45, 7) is 13.0. The topological polar surface area (TPSA) is 33.3 Å². The van der Waals surface area contributed by atoms with Crippen molar-refractivity contribution >= 4 is 21.5 Å². The predicted octanol–water partition coefficient (Wildman–Crippen LogP) is 5.99. The van der Waals surface area contributed by atoms with Crippen molar-refractivity contribution in [3.05, 3.63) is 89.6 Å². The van der Waals surface area contributed by atoms with E-state index >= 15 is 0 Å². The summed E-state index contributed by atoms with van der Waals surface area (Å²) in [5, 5.41) is 15.7. The lowest BCUT2D eigenvalue weighted by atomic mass is 9.66. The van der Waals surface area contributed by atoms with Gasteiger partial charge in [0.25, 0.3) is 5.69 Å². The van der Waals surface area contributed by atoms with Crippen molar-refractivity contribution in [2.75, 3.05) is 7.11 Å². The molecule has 162 valence electrons. The maximum absolute atomic E-state index is 11.0.